The molecule has 0 amide bonds. The molecule has 0 aliphatic heterocycles. The van der Waals surface area contributed by atoms with Gasteiger partial charge in [-0.2, -0.15) is 0 Å². The second-order valence-corrected chi connectivity index (χ2v) is 12.8. The summed E-state index contributed by atoms with van der Waals surface area (Å²) in [4.78, 5) is 11.5. The molecule has 0 aromatic heterocycles. The molecule has 0 radical (unpaired) electrons. The molecule has 4 aliphatic rings. The molecule has 0 aromatic carbocycles. The average Bonchev–Trinajstić information content (AvgIpc) is 3.08. The van der Waals surface area contributed by atoms with Gasteiger partial charge in [0.15, 0.2) is 0 Å². The Hall–Kier alpha value is -1.05. The molecule has 0 heterocycles. The van der Waals surface area contributed by atoms with Gasteiger partial charge in [0.05, 0.1) is 0 Å². The lowest BCUT2D eigenvalue weighted by atomic mass is 9.47. The van der Waals surface area contributed by atoms with Crippen molar-refractivity contribution in [3.63, 3.8) is 0 Å². The molecule has 2 nitrogen and oxygen atoms in total. The zero-order chi connectivity index (χ0) is 23.3. The number of carbonyl (C=O) groups is 1. The van der Waals surface area contributed by atoms with Gasteiger partial charge in [0, 0.05) is 6.92 Å². The van der Waals surface area contributed by atoms with Crippen molar-refractivity contribution in [1.82, 2.24) is 0 Å². The monoisotopic (exact) mass is 440 g/mol. The third-order valence-corrected chi connectivity index (χ3v) is 10.8. The highest BCUT2D eigenvalue weighted by atomic mass is 16.5. The predicted octanol–water partition coefficient (Wildman–Crippen LogP) is 7.98. The molecule has 2 heteroatoms. The van der Waals surface area contributed by atoms with E-state index in [1.165, 1.54) is 38.5 Å². The Morgan fingerprint density at radius 2 is 1.69 bits per heavy atom. The number of esters is 1. The van der Waals surface area contributed by atoms with Gasteiger partial charge in [0.1, 0.15) is 6.10 Å². The number of allylic oxidation sites excluding steroid dienone is 4. The second-order valence-electron chi connectivity index (χ2n) is 12.8. The second kappa shape index (κ2) is 8.95. The van der Waals surface area contributed by atoms with E-state index >= 15 is 0 Å². The maximum Gasteiger partial charge on any atom is 0.302 e. The molecular weight excluding hydrogens is 392 g/mol. The summed E-state index contributed by atoms with van der Waals surface area (Å²) in [7, 11) is 0. The van der Waals surface area contributed by atoms with Crippen molar-refractivity contribution in [1.29, 1.82) is 0 Å². The molecule has 32 heavy (non-hydrogen) atoms. The van der Waals surface area contributed by atoms with Crippen molar-refractivity contribution in [3.8, 4) is 0 Å². The maximum atomic E-state index is 11.5. The molecule has 0 spiro atoms. The largest absolute Gasteiger partial charge is 0.463 e. The number of fused-ring (bicyclic) bond motifs is 5. The van der Waals surface area contributed by atoms with E-state index in [1.54, 1.807) is 6.92 Å². The van der Waals surface area contributed by atoms with Crippen LogP contribution in [0.5, 0.6) is 0 Å². The summed E-state index contributed by atoms with van der Waals surface area (Å²) < 4.78 is 5.64. The fourth-order valence-corrected chi connectivity index (χ4v) is 8.43. The third-order valence-electron chi connectivity index (χ3n) is 10.8. The van der Waals surface area contributed by atoms with Crippen LogP contribution in [-0.2, 0) is 9.53 Å². The first-order valence-corrected chi connectivity index (χ1v) is 13.6. The van der Waals surface area contributed by atoms with Crippen molar-refractivity contribution in [2.24, 2.45) is 52.3 Å². The zero-order valence-electron chi connectivity index (χ0n) is 21.8. The van der Waals surface area contributed by atoms with Gasteiger partial charge in [0.2, 0.25) is 0 Å². The topological polar surface area (TPSA) is 26.3 Å². The quantitative estimate of drug-likeness (QED) is 0.320. The summed E-state index contributed by atoms with van der Waals surface area (Å²) in [6.45, 7) is 16.3. The van der Waals surface area contributed by atoms with Gasteiger partial charge in [-0.25, -0.2) is 0 Å². The molecule has 0 unspecified atom stereocenters. The Morgan fingerprint density at radius 3 is 2.38 bits per heavy atom. The Labute approximate surface area is 197 Å². The predicted molar refractivity (Wildman–Crippen MR) is 133 cm³/mol. The van der Waals surface area contributed by atoms with Crippen LogP contribution in [0.1, 0.15) is 99.8 Å². The third kappa shape index (κ3) is 4.14. The Kier molecular flexibility index (Phi) is 6.74. The van der Waals surface area contributed by atoms with Gasteiger partial charge < -0.3 is 4.74 Å². The molecule has 3 saturated carbocycles. The first-order valence-electron chi connectivity index (χ1n) is 13.6. The first-order chi connectivity index (χ1) is 15.1. The summed E-state index contributed by atoms with van der Waals surface area (Å²) in [5.74, 6) is 4.98. The summed E-state index contributed by atoms with van der Waals surface area (Å²) in [5.41, 5.74) is 2.70. The number of hydrogen-bond donors (Lipinski definition) is 0. The number of rotatable bonds is 5. The van der Waals surface area contributed by atoms with E-state index < -0.39 is 0 Å². The van der Waals surface area contributed by atoms with Crippen molar-refractivity contribution in [3.05, 3.63) is 23.8 Å². The van der Waals surface area contributed by atoms with Crippen LogP contribution in [0.15, 0.2) is 23.8 Å². The lowest BCUT2D eigenvalue weighted by molar-refractivity contribution is -0.152. The fourth-order valence-electron chi connectivity index (χ4n) is 8.43. The number of ether oxygens (including phenoxy) is 1. The fraction of sp³-hybridized carbons (Fsp3) is 0.833. The number of carbonyl (C=O) groups excluding carboxylic acids is 1. The molecule has 9 atom stereocenters. The summed E-state index contributed by atoms with van der Waals surface area (Å²) in [6, 6.07) is 0. The standard InChI is InChI=1S/C30H48O2/c1-19(2)20(3)8-9-21(4)26-12-13-27-25-11-10-23-18-24(32-22(5)31)14-16-29(23,6)28(25)15-17-30(26,27)7/h8-9,11,19-21,23-24,26-28H,10,12-18H2,1-7H3/b9-8+/t20-,21+,23-,24+,26+,27-,28+,29-,30-/m0/s1. The van der Waals surface area contributed by atoms with Gasteiger partial charge in [0.25, 0.3) is 0 Å². The summed E-state index contributed by atoms with van der Waals surface area (Å²) >= 11 is 0. The van der Waals surface area contributed by atoms with E-state index in [2.05, 4.69) is 59.8 Å². The lowest BCUT2D eigenvalue weighted by Crippen LogP contribution is -2.50. The first kappa shape index (κ1) is 24.1. The van der Waals surface area contributed by atoms with Crippen LogP contribution in [0.2, 0.25) is 0 Å². The minimum Gasteiger partial charge on any atom is -0.463 e. The van der Waals surface area contributed by atoms with Crippen LogP contribution in [0.25, 0.3) is 0 Å². The molecule has 180 valence electrons. The molecule has 0 N–H and O–H groups in total. The summed E-state index contributed by atoms with van der Waals surface area (Å²) in [6.07, 6.45) is 17.9. The summed E-state index contributed by atoms with van der Waals surface area (Å²) in [5, 5.41) is 0. The molecular formula is C30H48O2. The van der Waals surface area contributed by atoms with Crippen molar-refractivity contribution >= 4 is 5.97 Å². The van der Waals surface area contributed by atoms with Gasteiger partial charge in [-0.15, -0.1) is 0 Å². The SMILES string of the molecule is CC(=O)O[C@@H]1CC[C@@]2(C)[C@@H](CC=C3[C@H]2CC[C@@]2(C)[C@@H]([C@H](C)/C=C/[C@H](C)C(C)C)CC[C@@H]32)C1. The highest BCUT2D eigenvalue weighted by Gasteiger charge is 2.58. The minimum absolute atomic E-state index is 0.109. The van der Waals surface area contributed by atoms with E-state index in [0.717, 1.165) is 36.5 Å². The van der Waals surface area contributed by atoms with E-state index in [9.17, 15) is 4.79 Å². The van der Waals surface area contributed by atoms with Crippen LogP contribution in [-0.4, -0.2) is 12.1 Å². The van der Waals surface area contributed by atoms with Gasteiger partial charge in [-0.3, -0.25) is 4.79 Å². The van der Waals surface area contributed by atoms with Gasteiger partial charge in [-0.1, -0.05) is 65.3 Å². The van der Waals surface area contributed by atoms with Crippen LogP contribution in [0.3, 0.4) is 0 Å². The smallest absolute Gasteiger partial charge is 0.302 e. The van der Waals surface area contributed by atoms with Crippen LogP contribution in [0, 0.1) is 52.3 Å². The highest BCUT2D eigenvalue weighted by molar-refractivity contribution is 5.66. The van der Waals surface area contributed by atoms with Crippen LogP contribution < -0.4 is 0 Å². The van der Waals surface area contributed by atoms with E-state index in [1.807, 2.05) is 5.57 Å². The minimum atomic E-state index is -0.109. The van der Waals surface area contributed by atoms with E-state index in [0.29, 0.717) is 28.6 Å². The van der Waals surface area contributed by atoms with E-state index in [-0.39, 0.29) is 12.1 Å². The molecule has 0 aromatic rings. The molecule has 3 fully saturated rings. The van der Waals surface area contributed by atoms with Crippen LogP contribution in [0.4, 0.5) is 0 Å². The lowest BCUT2D eigenvalue weighted by Gasteiger charge is -2.58. The molecule has 4 rings (SSSR count). The van der Waals surface area contributed by atoms with E-state index in [4.69, 9.17) is 4.74 Å². The van der Waals surface area contributed by atoms with Gasteiger partial charge in [-0.05, 0) is 104 Å². The van der Waals surface area contributed by atoms with Crippen molar-refractivity contribution < 1.29 is 9.53 Å². The molecule has 0 bridgehead atoms. The normalized spacial score (nSPS) is 43.2. The maximum absolute atomic E-state index is 11.5. The molecule has 4 aliphatic carbocycles. The Bertz CT molecular complexity index is 763. The van der Waals surface area contributed by atoms with Crippen molar-refractivity contribution in [2.75, 3.05) is 0 Å². The Balaban J connectivity index is 1.51. The van der Waals surface area contributed by atoms with Gasteiger partial charge >= 0.3 is 5.97 Å². The highest BCUT2D eigenvalue weighted by Crippen LogP contribution is 2.66. The zero-order valence-corrected chi connectivity index (χ0v) is 21.8. The average molecular weight is 441 g/mol. The van der Waals surface area contributed by atoms with Crippen LogP contribution >= 0.6 is 0 Å². The number of hydrogen-bond acceptors (Lipinski definition) is 2. The Morgan fingerprint density at radius 1 is 1.00 bits per heavy atom. The van der Waals surface area contributed by atoms with Crippen molar-refractivity contribution in [2.45, 2.75) is 106 Å². The molecule has 0 saturated heterocycles.